The fourth-order valence-electron chi connectivity index (χ4n) is 2.44. The van der Waals surface area contributed by atoms with Gasteiger partial charge in [0.25, 0.3) is 0 Å². The first-order chi connectivity index (χ1) is 11.3. The number of allylic oxidation sites excluding steroid dienone is 1. The molecule has 0 aliphatic carbocycles. The molecule has 1 amide bonds. The highest BCUT2D eigenvalue weighted by Crippen LogP contribution is 2.31. The zero-order valence-corrected chi connectivity index (χ0v) is 14.1. The van der Waals surface area contributed by atoms with Crippen LogP contribution in [0.3, 0.4) is 0 Å². The Balaban J connectivity index is 2.21. The van der Waals surface area contributed by atoms with Crippen molar-refractivity contribution in [2.45, 2.75) is 39.2 Å². The number of nitriles is 2. The number of carbonyl (C=O) groups excluding carboxylic acids is 1. The third kappa shape index (κ3) is 4.27. The molecule has 1 aliphatic heterocycles. The van der Waals surface area contributed by atoms with Gasteiger partial charge in [0, 0.05) is 18.4 Å². The molecule has 0 radical (unpaired) electrons. The number of hydrogen-bond acceptors (Lipinski definition) is 5. The quantitative estimate of drug-likeness (QED) is 0.837. The lowest BCUT2D eigenvalue weighted by atomic mass is 10.0. The average Bonchev–Trinajstić information content (AvgIpc) is 2.53. The van der Waals surface area contributed by atoms with Crippen LogP contribution in [0.2, 0.25) is 0 Å². The van der Waals surface area contributed by atoms with Crippen molar-refractivity contribution in [2.24, 2.45) is 0 Å². The van der Waals surface area contributed by atoms with E-state index in [0.717, 1.165) is 29.8 Å². The number of amides is 1. The van der Waals surface area contributed by atoms with Gasteiger partial charge in [0.1, 0.15) is 23.3 Å². The first kappa shape index (κ1) is 17.4. The van der Waals surface area contributed by atoms with Crippen LogP contribution in [-0.2, 0) is 11.2 Å². The van der Waals surface area contributed by atoms with E-state index in [0.29, 0.717) is 6.54 Å². The number of ether oxygens (including phenoxy) is 1. The van der Waals surface area contributed by atoms with Crippen molar-refractivity contribution in [1.82, 2.24) is 0 Å². The van der Waals surface area contributed by atoms with Gasteiger partial charge in [-0.2, -0.15) is 10.5 Å². The Kier molecular flexibility index (Phi) is 5.11. The summed E-state index contributed by atoms with van der Waals surface area (Å²) in [5.41, 5.74) is 2.10. The summed E-state index contributed by atoms with van der Waals surface area (Å²) in [4.78, 5) is 14.0. The van der Waals surface area contributed by atoms with Crippen molar-refractivity contribution >= 4 is 17.5 Å². The molecule has 1 aromatic carbocycles. The van der Waals surface area contributed by atoms with Crippen molar-refractivity contribution in [2.75, 3.05) is 16.8 Å². The summed E-state index contributed by atoms with van der Waals surface area (Å²) in [6, 6.07) is 9.18. The third-order valence-corrected chi connectivity index (χ3v) is 3.44. The molecule has 124 valence electrons. The van der Waals surface area contributed by atoms with Crippen molar-refractivity contribution in [3.8, 4) is 12.1 Å². The van der Waals surface area contributed by atoms with Crippen molar-refractivity contribution in [3.05, 3.63) is 35.5 Å². The second kappa shape index (κ2) is 7.06. The third-order valence-electron chi connectivity index (χ3n) is 3.44. The van der Waals surface area contributed by atoms with Crippen LogP contribution in [-0.4, -0.2) is 18.2 Å². The maximum Gasteiger partial charge on any atom is 0.414 e. The number of anilines is 2. The van der Waals surface area contributed by atoms with E-state index in [2.05, 4.69) is 5.32 Å². The second-order valence-electron chi connectivity index (χ2n) is 6.50. The Labute approximate surface area is 141 Å². The van der Waals surface area contributed by atoms with Crippen molar-refractivity contribution < 1.29 is 9.53 Å². The predicted octanol–water partition coefficient (Wildman–Crippen LogP) is 3.72. The second-order valence-corrected chi connectivity index (χ2v) is 6.50. The van der Waals surface area contributed by atoms with Gasteiger partial charge in [-0.3, -0.25) is 4.90 Å². The maximum absolute atomic E-state index is 12.4. The van der Waals surface area contributed by atoms with E-state index in [4.69, 9.17) is 15.3 Å². The van der Waals surface area contributed by atoms with Crippen LogP contribution in [0.25, 0.3) is 0 Å². The Hall–Kier alpha value is -2.99. The summed E-state index contributed by atoms with van der Waals surface area (Å²) in [6.07, 6.45) is 2.74. The molecule has 0 atom stereocenters. The van der Waals surface area contributed by atoms with E-state index in [-0.39, 0.29) is 11.7 Å². The summed E-state index contributed by atoms with van der Waals surface area (Å²) in [5, 5.41) is 20.4. The lowest BCUT2D eigenvalue weighted by molar-refractivity contribution is 0.0578. The molecule has 1 heterocycles. The maximum atomic E-state index is 12.4. The predicted molar refractivity (Wildman–Crippen MR) is 91.3 cm³/mol. The van der Waals surface area contributed by atoms with Gasteiger partial charge in [0.2, 0.25) is 0 Å². The smallest absolute Gasteiger partial charge is 0.414 e. The van der Waals surface area contributed by atoms with Gasteiger partial charge in [-0.1, -0.05) is 0 Å². The number of benzene rings is 1. The fourth-order valence-corrected chi connectivity index (χ4v) is 2.44. The lowest BCUT2D eigenvalue weighted by Crippen LogP contribution is -2.39. The molecule has 0 saturated carbocycles. The molecule has 6 nitrogen and oxygen atoms in total. The summed E-state index contributed by atoms with van der Waals surface area (Å²) in [6.45, 7) is 6.16. The van der Waals surface area contributed by atoms with Crippen molar-refractivity contribution in [1.29, 1.82) is 10.5 Å². The Morgan fingerprint density at radius 1 is 1.33 bits per heavy atom. The Morgan fingerprint density at radius 2 is 2.04 bits per heavy atom. The van der Waals surface area contributed by atoms with E-state index >= 15 is 0 Å². The number of aryl methyl sites for hydroxylation is 1. The monoisotopic (exact) mass is 324 g/mol. The lowest BCUT2D eigenvalue weighted by Gasteiger charge is -2.31. The van der Waals surface area contributed by atoms with E-state index < -0.39 is 5.60 Å². The van der Waals surface area contributed by atoms with Crippen LogP contribution in [0.5, 0.6) is 0 Å². The minimum Gasteiger partial charge on any atom is -0.443 e. The molecule has 0 fully saturated rings. The first-order valence-electron chi connectivity index (χ1n) is 7.74. The SMILES string of the molecule is CC(C)(C)OC(=O)N1CCCc2cc(NC=C(C#N)C#N)ccc21. The minimum absolute atomic E-state index is 0.00287. The largest absolute Gasteiger partial charge is 0.443 e. The van der Waals surface area contributed by atoms with Gasteiger partial charge in [-0.05, 0) is 57.4 Å². The molecule has 0 bridgehead atoms. The van der Waals surface area contributed by atoms with E-state index in [1.54, 1.807) is 17.0 Å². The first-order valence-corrected chi connectivity index (χ1v) is 7.74. The average molecular weight is 324 g/mol. The van der Waals surface area contributed by atoms with Gasteiger partial charge in [0.05, 0.1) is 5.69 Å². The molecule has 6 heteroatoms. The molecule has 0 aromatic heterocycles. The Bertz CT molecular complexity index is 732. The van der Waals surface area contributed by atoms with Gasteiger partial charge in [-0.25, -0.2) is 4.79 Å². The summed E-state index contributed by atoms with van der Waals surface area (Å²) in [5.74, 6) is 0. The molecular formula is C18H20N4O2. The van der Waals surface area contributed by atoms with Crippen LogP contribution < -0.4 is 10.2 Å². The number of nitrogens with zero attached hydrogens (tertiary/aromatic N) is 3. The number of nitrogens with one attached hydrogen (secondary N) is 1. The van der Waals surface area contributed by atoms with Gasteiger partial charge in [-0.15, -0.1) is 0 Å². The minimum atomic E-state index is -0.536. The highest BCUT2D eigenvalue weighted by atomic mass is 16.6. The topological polar surface area (TPSA) is 89.2 Å². The van der Waals surface area contributed by atoms with Crippen LogP contribution in [0.4, 0.5) is 16.2 Å². The molecule has 1 N–H and O–H groups in total. The van der Waals surface area contributed by atoms with Gasteiger partial charge >= 0.3 is 6.09 Å². The molecule has 1 aliphatic rings. The highest BCUT2D eigenvalue weighted by Gasteiger charge is 2.27. The molecular weight excluding hydrogens is 304 g/mol. The van der Waals surface area contributed by atoms with Crippen LogP contribution in [0, 0.1) is 22.7 Å². The van der Waals surface area contributed by atoms with E-state index in [9.17, 15) is 4.79 Å². The molecule has 0 unspecified atom stereocenters. The van der Waals surface area contributed by atoms with Crippen LogP contribution >= 0.6 is 0 Å². The number of hydrogen-bond donors (Lipinski definition) is 1. The summed E-state index contributed by atoms with van der Waals surface area (Å²) < 4.78 is 5.46. The van der Waals surface area contributed by atoms with E-state index in [1.807, 2.05) is 39.0 Å². The fraction of sp³-hybridized carbons (Fsp3) is 0.389. The van der Waals surface area contributed by atoms with E-state index in [1.165, 1.54) is 6.20 Å². The molecule has 0 spiro atoms. The molecule has 1 aromatic rings. The van der Waals surface area contributed by atoms with Crippen LogP contribution in [0.15, 0.2) is 30.0 Å². The summed E-state index contributed by atoms with van der Waals surface area (Å²) in [7, 11) is 0. The number of fused-ring (bicyclic) bond motifs is 1. The standard InChI is InChI=1S/C18H20N4O2/c1-18(2,3)24-17(23)22-8-4-5-14-9-15(6-7-16(14)22)21-12-13(10-19)11-20/h6-7,9,12,21H,4-5,8H2,1-3H3. The number of carbonyl (C=O) groups is 1. The van der Waals surface area contributed by atoms with Crippen LogP contribution in [0.1, 0.15) is 32.8 Å². The normalized spacial score (nSPS) is 13.1. The molecule has 0 saturated heterocycles. The zero-order valence-electron chi connectivity index (χ0n) is 14.1. The molecule has 24 heavy (non-hydrogen) atoms. The molecule has 2 rings (SSSR count). The van der Waals surface area contributed by atoms with Crippen molar-refractivity contribution in [3.63, 3.8) is 0 Å². The van der Waals surface area contributed by atoms with Gasteiger partial charge in [0.15, 0.2) is 0 Å². The zero-order chi connectivity index (χ0) is 17.7. The highest BCUT2D eigenvalue weighted by molar-refractivity contribution is 5.90. The van der Waals surface area contributed by atoms with Gasteiger partial charge < -0.3 is 10.1 Å². The number of rotatable bonds is 2. The summed E-state index contributed by atoms with van der Waals surface area (Å²) >= 11 is 0. The Morgan fingerprint density at radius 3 is 2.67 bits per heavy atom.